The molecule has 106 valence electrons. The lowest BCUT2D eigenvalue weighted by molar-refractivity contribution is -0.155. The smallest absolute Gasteiger partial charge is 0.307 e. The maximum Gasteiger partial charge on any atom is 0.307 e. The molecule has 1 spiro atoms. The van der Waals surface area contributed by atoms with Crippen LogP contribution in [0.2, 0.25) is 0 Å². The molecule has 0 radical (unpaired) electrons. The Kier molecular flexibility index (Phi) is 3.74. The fourth-order valence-corrected chi connectivity index (χ4v) is 4.51. The third kappa shape index (κ3) is 2.49. The molecule has 1 atom stereocenters. The van der Waals surface area contributed by atoms with Gasteiger partial charge in [-0.1, -0.05) is 6.42 Å². The largest absolute Gasteiger partial charge is 0.458 e. The second kappa shape index (κ2) is 5.35. The van der Waals surface area contributed by atoms with Gasteiger partial charge in [-0.05, 0) is 25.7 Å². The molecule has 3 aliphatic rings. The molecule has 0 aromatic carbocycles. The quantitative estimate of drug-likeness (QED) is 0.689. The number of esters is 1. The predicted octanol–water partition coefficient (Wildman–Crippen LogP) is 1.83. The molecule has 3 fully saturated rings. The van der Waals surface area contributed by atoms with Crippen molar-refractivity contribution >= 4 is 23.6 Å². The Labute approximate surface area is 118 Å². The van der Waals surface area contributed by atoms with E-state index in [1.807, 2.05) is 16.7 Å². The minimum absolute atomic E-state index is 0.160. The highest BCUT2D eigenvalue weighted by Gasteiger charge is 2.53. The standard InChI is InChI=1S/C14H21NO3S/c16-12-10-11(13(17)15-6-8-19-9-7-15)14(18-12)4-2-1-3-5-14/h11H,1-10H2/t11-/m0/s1. The van der Waals surface area contributed by atoms with Crippen molar-refractivity contribution < 1.29 is 14.3 Å². The minimum atomic E-state index is -0.461. The minimum Gasteiger partial charge on any atom is -0.458 e. The summed E-state index contributed by atoms with van der Waals surface area (Å²) in [4.78, 5) is 26.4. The molecule has 0 bridgehead atoms. The lowest BCUT2D eigenvalue weighted by atomic mass is 9.75. The fourth-order valence-electron chi connectivity index (χ4n) is 3.61. The molecule has 2 aliphatic heterocycles. The van der Waals surface area contributed by atoms with E-state index in [1.165, 1.54) is 6.42 Å². The SMILES string of the molecule is O=C1C[C@@H](C(=O)N2CCSCC2)C2(CCCCC2)O1. The van der Waals surface area contributed by atoms with E-state index in [4.69, 9.17) is 4.74 Å². The van der Waals surface area contributed by atoms with Crippen molar-refractivity contribution in [2.24, 2.45) is 5.92 Å². The van der Waals surface area contributed by atoms with Crippen molar-refractivity contribution in [3.05, 3.63) is 0 Å². The molecule has 0 unspecified atom stereocenters. The Balaban J connectivity index is 1.76. The van der Waals surface area contributed by atoms with Crippen LogP contribution in [0.1, 0.15) is 38.5 Å². The van der Waals surface area contributed by atoms with Crippen molar-refractivity contribution in [3.63, 3.8) is 0 Å². The summed E-state index contributed by atoms with van der Waals surface area (Å²) in [6.07, 6.45) is 5.39. The zero-order chi connectivity index (χ0) is 13.3. The second-order valence-corrected chi connectivity index (χ2v) is 7.02. The number of carbonyl (C=O) groups excluding carboxylic acids is 2. The first-order valence-electron chi connectivity index (χ1n) is 7.30. The van der Waals surface area contributed by atoms with Gasteiger partial charge in [-0.2, -0.15) is 11.8 Å². The first-order chi connectivity index (χ1) is 9.21. The summed E-state index contributed by atoms with van der Waals surface area (Å²) in [5.74, 6) is 1.80. The van der Waals surface area contributed by atoms with Crippen LogP contribution in [0.5, 0.6) is 0 Å². The number of hydrogen-bond acceptors (Lipinski definition) is 4. The van der Waals surface area contributed by atoms with Crippen molar-refractivity contribution in [1.82, 2.24) is 4.90 Å². The molecule has 2 heterocycles. The summed E-state index contributed by atoms with van der Waals surface area (Å²) in [5, 5.41) is 0. The Morgan fingerprint density at radius 3 is 2.58 bits per heavy atom. The summed E-state index contributed by atoms with van der Waals surface area (Å²) in [5.41, 5.74) is -0.461. The Hall–Kier alpha value is -0.710. The lowest BCUT2D eigenvalue weighted by Crippen LogP contribution is -2.49. The molecule has 1 amide bonds. The van der Waals surface area contributed by atoms with Gasteiger partial charge in [0.2, 0.25) is 5.91 Å². The highest BCUT2D eigenvalue weighted by molar-refractivity contribution is 7.99. The molecular weight excluding hydrogens is 262 g/mol. The van der Waals surface area contributed by atoms with Gasteiger partial charge < -0.3 is 9.64 Å². The maximum atomic E-state index is 12.7. The number of hydrogen-bond donors (Lipinski definition) is 0. The molecule has 0 aromatic rings. The monoisotopic (exact) mass is 283 g/mol. The fraction of sp³-hybridized carbons (Fsp3) is 0.857. The highest BCUT2D eigenvalue weighted by Crippen LogP contribution is 2.45. The summed E-state index contributed by atoms with van der Waals surface area (Å²) < 4.78 is 5.62. The van der Waals surface area contributed by atoms with E-state index in [0.29, 0.717) is 6.42 Å². The van der Waals surface area contributed by atoms with Crippen LogP contribution in [0.4, 0.5) is 0 Å². The van der Waals surface area contributed by atoms with Gasteiger partial charge >= 0.3 is 5.97 Å². The number of thioether (sulfide) groups is 1. The van der Waals surface area contributed by atoms with Gasteiger partial charge in [0.25, 0.3) is 0 Å². The first-order valence-corrected chi connectivity index (χ1v) is 8.45. The third-order valence-electron chi connectivity index (χ3n) is 4.64. The molecule has 1 saturated carbocycles. The van der Waals surface area contributed by atoms with Gasteiger partial charge in [0, 0.05) is 24.6 Å². The van der Waals surface area contributed by atoms with Gasteiger partial charge in [0.1, 0.15) is 5.60 Å². The first kappa shape index (κ1) is 13.3. The number of ether oxygens (including phenoxy) is 1. The molecule has 4 nitrogen and oxygen atoms in total. The Bertz CT molecular complexity index is 373. The average Bonchev–Trinajstić information content (AvgIpc) is 2.76. The summed E-state index contributed by atoms with van der Waals surface area (Å²) in [6, 6.07) is 0. The van der Waals surface area contributed by atoms with E-state index in [9.17, 15) is 9.59 Å². The van der Waals surface area contributed by atoms with E-state index in [1.54, 1.807) is 0 Å². The third-order valence-corrected chi connectivity index (χ3v) is 5.59. The number of nitrogens with zero attached hydrogens (tertiary/aromatic N) is 1. The van der Waals surface area contributed by atoms with Gasteiger partial charge in [0.15, 0.2) is 0 Å². The van der Waals surface area contributed by atoms with E-state index < -0.39 is 5.60 Å². The van der Waals surface area contributed by atoms with Crippen molar-refractivity contribution in [2.45, 2.75) is 44.1 Å². The van der Waals surface area contributed by atoms with E-state index in [2.05, 4.69) is 0 Å². The van der Waals surface area contributed by atoms with Crippen LogP contribution >= 0.6 is 11.8 Å². The van der Waals surface area contributed by atoms with Crippen LogP contribution in [-0.4, -0.2) is 47.0 Å². The molecule has 3 rings (SSSR count). The zero-order valence-electron chi connectivity index (χ0n) is 11.2. The predicted molar refractivity (Wildman–Crippen MR) is 73.9 cm³/mol. The second-order valence-electron chi connectivity index (χ2n) is 5.79. The molecule has 0 aromatic heterocycles. The normalized spacial score (nSPS) is 30.4. The molecular formula is C14H21NO3S. The molecule has 19 heavy (non-hydrogen) atoms. The van der Waals surface area contributed by atoms with Crippen LogP contribution in [0.3, 0.4) is 0 Å². The van der Waals surface area contributed by atoms with Crippen molar-refractivity contribution in [2.75, 3.05) is 24.6 Å². The molecule has 1 aliphatic carbocycles. The van der Waals surface area contributed by atoms with Crippen LogP contribution in [-0.2, 0) is 14.3 Å². The van der Waals surface area contributed by atoms with Crippen molar-refractivity contribution in [1.29, 1.82) is 0 Å². The van der Waals surface area contributed by atoms with E-state index in [0.717, 1.165) is 50.3 Å². The lowest BCUT2D eigenvalue weighted by Gasteiger charge is -2.38. The summed E-state index contributed by atoms with van der Waals surface area (Å²) in [7, 11) is 0. The molecule has 0 N–H and O–H groups in total. The molecule has 2 saturated heterocycles. The Morgan fingerprint density at radius 2 is 1.89 bits per heavy atom. The van der Waals surface area contributed by atoms with Gasteiger partial charge in [-0.25, -0.2) is 0 Å². The topological polar surface area (TPSA) is 46.6 Å². The van der Waals surface area contributed by atoms with E-state index in [-0.39, 0.29) is 17.8 Å². The highest BCUT2D eigenvalue weighted by atomic mass is 32.2. The zero-order valence-corrected chi connectivity index (χ0v) is 12.0. The number of amides is 1. The number of carbonyl (C=O) groups is 2. The van der Waals surface area contributed by atoms with Crippen molar-refractivity contribution in [3.8, 4) is 0 Å². The average molecular weight is 283 g/mol. The van der Waals surface area contributed by atoms with E-state index >= 15 is 0 Å². The van der Waals surface area contributed by atoms with Gasteiger partial charge in [-0.15, -0.1) is 0 Å². The Morgan fingerprint density at radius 1 is 1.21 bits per heavy atom. The number of rotatable bonds is 1. The van der Waals surface area contributed by atoms with Crippen LogP contribution < -0.4 is 0 Å². The molecule has 5 heteroatoms. The summed E-state index contributed by atoms with van der Waals surface area (Å²) in [6.45, 7) is 1.65. The maximum absolute atomic E-state index is 12.7. The van der Waals surface area contributed by atoms with Crippen LogP contribution in [0, 0.1) is 5.92 Å². The summed E-state index contributed by atoms with van der Waals surface area (Å²) >= 11 is 1.89. The van der Waals surface area contributed by atoms with Crippen LogP contribution in [0.15, 0.2) is 0 Å². The van der Waals surface area contributed by atoms with Gasteiger partial charge in [-0.3, -0.25) is 9.59 Å². The van der Waals surface area contributed by atoms with Crippen LogP contribution in [0.25, 0.3) is 0 Å². The van der Waals surface area contributed by atoms with Gasteiger partial charge in [0.05, 0.1) is 12.3 Å².